The van der Waals surface area contributed by atoms with Gasteiger partial charge in [0.2, 0.25) is 0 Å². The van der Waals surface area contributed by atoms with Crippen LogP contribution in [0.3, 0.4) is 0 Å². The molecule has 1 spiro atoms. The van der Waals surface area contributed by atoms with Gasteiger partial charge in [-0.25, -0.2) is 0 Å². The van der Waals surface area contributed by atoms with Crippen molar-refractivity contribution in [1.82, 2.24) is 0 Å². The lowest BCUT2D eigenvalue weighted by molar-refractivity contribution is 0.436. The normalized spacial score (nSPS) is 14.1. The minimum absolute atomic E-state index is 0.450. The number of ether oxygens (including phenoxy) is 1. The van der Waals surface area contributed by atoms with Crippen LogP contribution in [0.15, 0.2) is 115 Å². The van der Waals surface area contributed by atoms with Gasteiger partial charge in [0.15, 0.2) is 0 Å². The number of halogens is 1. The van der Waals surface area contributed by atoms with Gasteiger partial charge in [0.1, 0.15) is 11.5 Å². The van der Waals surface area contributed by atoms with E-state index in [0.29, 0.717) is 0 Å². The van der Waals surface area contributed by atoms with Crippen LogP contribution < -0.4 is 4.74 Å². The van der Waals surface area contributed by atoms with E-state index in [1.165, 1.54) is 27.8 Å². The third-order valence-electron chi connectivity index (χ3n) is 7.03. The van der Waals surface area contributed by atoms with Gasteiger partial charge in [-0.2, -0.15) is 0 Å². The molecule has 2 aliphatic rings. The summed E-state index contributed by atoms with van der Waals surface area (Å²) in [6.45, 7) is 0. The molecular formula is C31H19ClO. The van der Waals surface area contributed by atoms with Gasteiger partial charge in [0, 0.05) is 21.7 Å². The molecule has 0 fully saturated rings. The topological polar surface area (TPSA) is 9.23 Å². The molecular weight excluding hydrogens is 424 g/mol. The second-order valence-corrected chi connectivity index (χ2v) is 9.04. The summed E-state index contributed by atoms with van der Waals surface area (Å²) < 4.78 is 6.48. The maximum atomic E-state index is 6.61. The molecule has 1 aliphatic heterocycles. The molecule has 1 heterocycles. The van der Waals surface area contributed by atoms with E-state index in [0.717, 1.165) is 33.2 Å². The van der Waals surface area contributed by atoms with Gasteiger partial charge < -0.3 is 4.74 Å². The van der Waals surface area contributed by atoms with Crippen molar-refractivity contribution in [2.24, 2.45) is 0 Å². The van der Waals surface area contributed by atoms with Crippen molar-refractivity contribution in [2.75, 3.05) is 0 Å². The first-order chi connectivity index (χ1) is 16.3. The molecule has 0 radical (unpaired) electrons. The molecule has 156 valence electrons. The SMILES string of the molecule is Clc1ccccc1-c1ccc2c(c1)C1(c3ccccc3O2)c2ccccc2-c2ccccc21. The van der Waals surface area contributed by atoms with E-state index < -0.39 is 5.41 Å². The molecule has 0 saturated heterocycles. The molecule has 0 atom stereocenters. The third-order valence-corrected chi connectivity index (χ3v) is 7.36. The van der Waals surface area contributed by atoms with Crippen LogP contribution in [0.5, 0.6) is 11.5 Å². The van der Waals surface area contributed by atoms with Gasteiger partial charge in [-0.15, -0.1) is 0 Å². The molecule has 33 heavy (non-hydrogen) atoms. The molecule has 0 aromatic heterocycles. The monoisotopic (exact) mass is 442 g/mol. The number of rotatable bonds is 1. The second kappa shape index (κ2) is 6.84. The predicted octanol–water partition coefficient (Wildman–Crippen LogP) is 8.48. The van der Waals surface area contributed by atoms with E-state index in [1.807, 2.05) is 24.3 Å². The average Bonchev–Trinajstić information content (AvgIpc) is 3.16. The first-order valence-corrected chi connectivity index (χ1v) is 11.5. The minimum atomic E-state index is -0.450. The molecule has 0 amide bonds. The van der Waals surface area contributed by atoms with Crippen molar-refractivity contribution in [3.8, 4) is 33.8 Å². The van der Waals surface area contributed by atoms with Gasteiger partial charge in [0.25, 0.3) is 0 Å². The summed E-state index contributed by atoms with van der Waals surface area (Å²) in [5.41, 5.74) is 9.12. The van der Waals surface area contributed by atoms with Gasteiger partial charge in [-0.05, 0) is 52.1 Å². The Hall–Kier alpha value is -3.81. The smallest absolute Gasteiger partial charge is 0.132 e. The molecule has 0 N–H and O–H groups in total. The lowest BCUT2D eigenvalue weighted by atomic mass is 9.66. The Balaban J connectivity index is 1.63. The molecule has 7 rings (SSSR count). The van der Waals surface area contributed by atoms with Crippen LogP contribution >= 0.6 is 11.6 Å². The number of hydrogen-bond acceptors (Lipinski definition) is 1. The van der Waals surface area contributed by atoms with Crippen LogP contribution in [-0.2, 0) is 5.41 Å². The number of fused-ring (bicyclic) bond motifs is 9. The van der Waals surface area contributed by atoms with E-state index >= 15 is 0 Å². The Morgan fingerprint density at radius 2 is 1.03 bits per heavy atom. The number of hydrogen-bond donors (Lipinski definition) is 0. The van der Waals surface area contributed by atoms with E-state index in [9.17, 15) is 0 Å². The predicted molar refractivity (Wildman–Crippen MR) is 134 cm³/mol. The maximum Gasteiger partial charge on any atom is 0.132 e. The van der Waals surface area contributed by atoms with Crippen LogP contribution in [0.25, 0.3) is 22.3 Å². The average molecular weight is 443 g/mol. The number of benzene rings is 5. The fraction of sp³-hybridized carbons (Fsp3) is 0.0323. The molecule has 2 heteroatoms. The third kappa shape index (κ3) is 2.43. The summed E-state index contributed by atoms with van der Waals surface area (Å²) in [7, 11) is 0. The second-order valence-electron chi connectivity index (χ2n) is 8.63. The quantitative estimate of drug-likeness (QED) is 0.247. The van der Waals surface area contributed by atoms with Crippen LogP contribution in [0.1, 0.15) is 22.3 Å². The van der Waals surface area contributed by atoms with Gasteiger partial charge in [-0.1, -0.05) is 103 Å². The zero-order chi connectivity index (χ0) is 22.0. The van der Waals surface area contributed by atoms with E-state index in [1.54, 1.807) is 0 Å². The summed E-state index contributed by atoms with van der Waals surface area (Å²) in [5.74, 6) is 1.79. The molecule has 5 aromatic rings. The molecule has 0 unspecified atom stereocenters. The van der Waals surface area contributed by atoms with Gasteiger partial charge >= 0.3 is 0 Å². The van der Waals surface area contributed by atoms with Crippen LogP contribution in [-0.4, -0.2) is 0 Å². The summed E-state index contributed by atoms with van der Waals surface area (Å²) >= 11 is 6.61. The summed E-state index contributed by atoms with van der Waals surface area (Å²) in [4.78, 5) is 0. The summed E-state index contributed by atoms with van der Waals surface area (Å²) in [6, 6.07) is 40.5. The highest BCUT2D eigenvalue weighted by atomic mass is 35.5. The van der Waals surface area contributed by atoms with Crippen molar-refractivity contribution < 1.29 is 4.74 Å². The van der Waals surface area contributed by atoms with E-state index in [-0.39, 0.29) is 0 Å². The highest BCUT2D eigenvalue weighted by molar-refractivity contribution is 6.33. The Kier molecular flexibility index (Phi) is 3.88. The lowest BCUT2D eigenvalue weighted by Gasteiger charge is -2.39. The zero-order valence-electron chi connectivity index (χ0n) is 17.8. The van der Waals surface area contributed by atoms with Crippen LogP contribution in [0.2, 0.25) is 5.02 Å². The fourth-order valence-electron chi connectivity index (χ4n) is 5.72. The summed E-state index contributed by atoms with van der Waals surface area (Å²) in [6.07, 6.45) is 0. The van der Waals surface area contributed by atoms with Crippen molar-refractivity contribution in [1.29, 1.82) is 0 Å². The first kappa shape index (κ1) is 18.7. The fourth-order valence-corrected chi connectivity index (χ4v) is 5.96. The molecule has 5 aromatic carbocycles. The Morgan fingerprint density at radius 3 is 1.73 bits per heavy atom. The lowest BCUT2D eigenvalue weighted by Crippen LogP contribution is -2.32. The Labute approximate surface area is 197 Å². The van der Waals surface area contributed by atoms with E-state index in [4.69, 9.17) is 16.3 Å². The minimum Gasteiger partial charge on any atom is -0.457 e. The standard InChI is InChI=1S/C31H19ClO/c32-28-15-7-3-9-21(28)20-17-18-30-27(19-20)31(26-14-6-8-16-29(26)33-30)24-12-4-1-10-22(24)23-11-2-5-13-25(23)31/h1-19H. The molecule has 1 aliphatic carbocycles. The van der Waals surface area contributed by atoms with Crippen molar-refractivity contribution in [2.45, 2.75) is 5.41 Å². The van der Waals surface area contributed by atoms with Crippen LogP contribution in [0, 0.1) is 0 Å². The zero-order valence-corrected chi connectivity index (χ0v) is 18.5. The van der Waals surface area contributed by atoms with E-state index in [2.05, 4.69) is 91.0 Å². The van der Waals surface area contributed by atoms with Crippen LogP contribution in [0.4, 0.5) is 0 Å². The molecule has 0 saturated carbocycles. The maximum absolute atomic E-state index is 6.61. The van der Waals surface area contributed by atoms with Gasteiger partial charge in [0.05, 0.1) is 5.41 Å². The van der Waals surface area contributed by atoms with Crippen molar-refractivity contribution >= 4 is 11.6 Å². The molecule has 1 nitrogen and oxygen atoms in total. The number of para-hydroxylation sites is 1. The highest BCUT2D eigenvalue weighted by Gasteiger charge is 2.50. The highest BCUT2D eigenvalue weighted by Crippen LogP contribution is 2.62. The Bertz CT molecular complexity index is 1520. The molecule has 0 bridgehead atoms. The summed E-state index contributed by atoms with van der Waals surface area (Å²) in [5, 5.41) is 0.746. The first-order valence-electron chi connectivity index (χ1n) is 11.1. The van der Waals surface area contributed by atoms with Crippen molar-refractivity contribution in [3.63, 3.8) is 0 Å². The largest absolute Gasteiger partial charge is 0.457 e. The van der Waals surface area contributed by atoms with Gasteiger partial charge in [-0.3, -0.25) is 0 Å². The Morgan fingerprint density at radius 1 is 0.485 bits per heavy atom. The van der Waals surface area contributed by atoms with Crippen molar-refractivity contribution in [3.05, 3.63) is 143 Å².